The number of nitrogens with two attached hydrogens (primary N) is 2. The average Bonchev–Trinajstić information content (AvgIpc) is 0.762. The molecule has 11 bridgehead atoms. The molecule has 5 amide bonds. The topological polar surface area (TPSA) is 525 Å². The molecule has 33 nitrogen and oxygen atoms in total. The Morgan fingerprint density at radius 3 is 1.88 bits per heavy atom. The fourth-order valence-electron chi connectivity index (χ4n) is 17.0. The molecule has 0 aliphatic carbocycles. The van der Waals surface area contributed by atoms with E-state index in [4.69, 9.17) is 84.2 Å². The van der Waals surface area contributed by atoms with E-state index in [1.807, 2.05) is 57.2 Å². The van der Waals surface area contributed by atoms with Crippen molar-refractivity contribution < 1.29 is 127 Å². The second kappa shape index (κ2) is 38.2. The van der Waals surface area contributed by atoms with Crippen LogP contribution in [0.2, 0.25) is 15.1 Å². The van der Waals surface area contributed by atoms with Gasteiger partial charge >= 0.3 is 5.97 Å². The van der Waals surface area contributed by atoms with Crippen molar-refractivity contribution in [2.45, 2.75) is 214 Å². The van der Waals surface area contributed by atoms with Gasteiger partial charge in [-0.25, -0.2) is 4.79 Å². The second-order valence-corrected chi connectivity index (χ2v) is 34.9. The van der Waals surface area contributed by atoms with Crippen LogP contribution in [0.3, 0.4) is 0 Å². The quantitative estimate of drug-likeness (QED) is 0.0371. The Morgan fingerprint density at radius 2 is 1.27 bits per heavy atom. The standard InChI is InChI=1S/C89H100Cl3N7O26/c1-38(2)24-56(95-7)84(114)98-72-59(104)28-48(31-66(93)106)82(112)96-70-47-29-63(120-61-20-15-45(74(72)107)26-54(61)91)78(125-87-79(76(109)75(108)65(37-100)122-87)124-67-35-88(5,80(110)39(3)118-67)23-22-41-8-10-42(11-9-41)43-12-17-49(90)18-13-43)64(30-47)121-62-21-16-46(27-55(62)92)77(123-68-36-89(6,94)81(111)40(4)119-68)73-85(115)97-71(86(116)117)53-32-50(101)33-58(103)69(53)52-25-44(14-19-57(52)102)51(34-60(70)105)83(113)99-73/h8-21,25-27,29-30,32-33,38-40,48,51,56,65,67-68,70-77,79-81,87,95,100-103,107-111H,22-24,28,31,34-37,94H2,1-7H3,(H2,93,106)(H,96,112)(H,97,115)(H,98,114)(H,99,113)(H,116,117)/t39-,40-,48-,51+,56+,65+,67?,68?,70+,71+,72-,73-,74+,75+,76-,77?,79+,80-,81-,87?,88-,89-/m0/s1. The molecule has 3 fully saturated rings. The van der Waals surface area contributed by atoms with Crippen molar-refractivity contribution in [3.8, 4) is 68.2 Å². The van der Waals surface area contributed by atoms with Gasteiger partial charge in [0.05, 0.1) is 58.9 Å². The number of carboxylic acids is 1. The van der Waals surface area contributed by atoms with Crippen molar-refractivity contribution >= 4 is 81.9 Å². The monoisotopic (exact) mass is 1790 g/mol. The second-order valence-electron chi connectivity index (χ2n) is 33.7. The smallest absolute Gasteiger partial charge is 0.330 e. The summed E-state index contributed by atoms with van der Waals surface area (Å²) in [6.45, 7) is 9.12. The van der Waals surface area contributed by atoms with Crippen LogP contribution < -0.4 is 52.3 Å². The van der Waals surface area contributed by atoms with Gasteiger partial charge in [0.2, 0.25) is 41.6 Å². The molecule has 7 aromatic rings. The Hall–Kier alpha value is -10.2. The zero-order valence-corrected chi connectivity index (χ0v) is 71.2. The molecule has 668 valence electrons. The van der Waals surface area contributed by atoms with Crippen molar-refractivity contribution in [2.75, 3.05) is 13.7 Å². The third-order valence-corrected chi connectivity index (χ3v) is 24.8. The number of carbonyl (C=O) groups is 8. The molecule has 8 heterocycles. The van der Waals surface area contributed by atoms with Crippen molar-refractivity contribution in [3.63, 3.8) is 0 Å². The molecule has 15 rings (SSSR count). The van der Waals surface area contributed by atoms with Crippen LogP contribution in [0.1, 0.15) is 150 Å². The molecular weight excluding hydrogens is 1690 g/mol. The number of likely N-dealkylation sites (N-methyl/N-ethyl adjacent to an activating group) is 1. The van der Waals surface area contributed by atoms with Crippen LogP contribution in [-0.2, 0) is 68.5 Å². The molecule has 0 spiro atoms. The summed E-state index contributed by atoms with van der Waals surface area (Å²) in [6, 6.07) is 20.2. The van der Waals surface area contributed by atoms with Gasteiger partial charge in [0.25, 0.3) is 0 Å². The van der Waals surface area contributed by atoms with Gasteiger partial charge in [0, 0.05) is 70.8 Å². The first-order valence-electron chi connectivity index (χ1n) is 40.8. The highest BCUT2D eigenvalue weighted by Gasteiger charge is 2.53. The van der Waals surface area contributed by atoms with E-state index in [0.29, 0.717) is 17.9 Å². The van der Waals surface area contributed by atoms with Crippen LogP contribution >= 0.6 is 34.8 Å². The van der Waals surface area contributed by atoms with E-state index in [-0.39, 0.29) is 58.4 Å². The summed E-state index contributed by atoms with van der Waals surface area (Å²) in [7, 11) is 1.50. The summed E-state index contributed by atoms with van der Waals surface area (Å²) in [5, 5.41) is 130. The van der Waals surface area contributed by atoms with Crippen LogP contribution in [-0.4, -0.2) is 203 Å². The molecule has 7 aromatic carbocycles. The van der Waals surface area contributed by atoms with Gasteiger partial charge in [0.1, 0.15) is 77.4 Å². The number of aliphatic hydroxyl groups excluding tert-OH is 6. The lowest BCUT2D eigenvalue weighted by molar-refractivity contribution is -0.339. The van der Waals surface area contributed by atoms with E-state index >= 15 is 24.0 Å². The molecule has 3 saturated heterocycles. The zero-order valence-electron chi connectivity index (χ0n) is 68.9. The van der Waals surface area contributed by atoms with Gasteiger partial charge in [0.15, 0.2) is 47.8 Å². The van der Waals surface area contributed by atoms with Gasteiger partial charge < -0.3 is 127 Å². The van der Waals surface area contributed by atoms with E-state index in [1.165, 1.54) is 63.4 Å². The van der Waals surface area contributed by atoms with Crippen LogP contribution in [0, 0.1) is 17.3 Å². The van der Waals surface area contributed by atoms with E-state index in [0.717, 1.165) is 53.1 Å². The molecular formula is C89H100Cl3N7O26. The number of aliphatic carboxylic acids is 1. The number of nitrogens with one attached hydrogen (secondary N) is 5. The first-order chi connectivity index (χ1) is 59.2. The Kier molecular flexibility index (Phi) is 28.3. The van der Waals surface area contributed by atoms with Gasteiger partial charge in [-0.15, -0.1) is 0 Å². The van der Waals surface area contributed by atoms with Crippen LogP contribution in [0.5, 0.6) is 46.0 Å². The fraction of sp³-hybridized carbons (Fsp3) is 0.438. The lowest BCUT2D eigenvalue weighted by Crippen LogP contribution is -2.62. The van der Waals surface area contributed by atoms with Crippen molar-refractivity contribution in [1.82, 2.24) is 26.6 Å². The van der Waals surface area contributed by atoms with E-state index < -0.39 is 268 Å². The number of phenolic OH excluding ortho intramolecular Hbond substituents is 3. The number of phenols is 3. The number of hydrogen-bond donors (Lipinski definition) is 17. The number of amides is 5. The highest BCUT2D eigenvalue weighted by Crippen LogP contribution is 2.52. The summed E-state index contributed by atoms with van der Waals surface area (Å²) < 4.78 is 53.2. The summed E-state index contributed by atoms with van der Waals surface area (Å²) in [5.41, 5.74) is 10.5. The largest absolute Gasteiger partial charge is 0.508 e. The normalized spacial score (nSPS) is 29.9. The van der Waals surface area contributed by atoms with Crippen molar-refractivity contribution in [1.29, 1.82) is 0 Å². The molecule has 8 aliphatic rings. The predicted molar refractivity (Wildman–Crippen MR) is 449 cm³/mol. The number of ketones is 2. The molecule has 0 saturated carbocycles. The van der Waals surface area contributed by atoms with Crippen molar-refractivity contribution in [2.24, 2.45) is 28.7 Å². The Morgan fingerprint density at radius 1 is 0.656 bits per heavy atom. The highest BCUT2D eigenvalue weighted by atomic mass is 35.5. The number of halogens is 3. The number of Topliss-reactive ketones (excluding diaryl/α,β-unsaturated/α-hetero) is 2. The average molecular weight is 1790 g/mol. The molecule has 8 aliphatic heterocycles. The minimum atomic E-state index is -2.28. The lowest BCUT2D eigenvalue weighted by atomic mass is 9.72. The van der Waals surface area contributed by atoms with Crippen LogP contribution in [0.25, 0.3) is 22.3 Å². The number of aromatic hydroxyl groups is 3. The predicted octanol–water partition coefficient (Wildman–Crippen LogP) is 7.56. The molecule has 125 heavy (non-hydrogen) atoms. The van der Waals surface area contributed by atoms with Gasteiger partial charge in [-0.05, 0) is 159 Å². The maximum atomic E-state index is 16.7. The molecule has 0 aromatic heterocycles. The number of benzene rings is 7. The number of rotatable bonds is 19. The minimum absolute atomic E-state index is 0.0644. The number of aliphatic hydroxyl groups is 6. The lowest BCUT2D eigenvalue weighted by Gasteiger charge is -2.48. The highest BCUT2D eigenvalue weighted by molar-refractivity contribution is 6.32. The molecule has 19 N–H and O–H groups in total. The third kappa shape index (κ3) is 20.3. The van der Waals surface area contributed by atoms with Crippen LogP contribution in [0.15, 0.2) is 127 Å². The summed E-state index contributed by atoms with van der Waals surface area (Å²) in [5.74, 6) is -18.7. The molecule has 22 atom stereocenters. The Balaban J connectivity index is 1.02. The van der Waals surface area contributed by atoms with Crippen molar-refractivity contribution in [3.05, 3.63) is 176 Å². The molecule has 4 unspecified atom stereocenters. The SMILES string of the molecule is CN[C@H](CC(C)C)C(=O)N[C@H]1C(=O)C[C@@H](CC(N)=O)C(=O)N[C@H]2C(=O)C[C@H]3C(=O)N[C@H](C(=O)N[C@@H](C(=O)O)c4cc(O)cc(O)c4-c4cc3ccc4O)C(OC3C[C@](C)(N)[C@@H](O)[C@H](C)O3)c3ccc(c(Cl)c3)Oc3cc2cc(c3OC2O[C@H](CO)[C@@H](O)[C@H](O)[C@H]2OC2C[C@](C)(CCc3ccc(-c4ccc(Cl)cc4)cc3)[C@@H](O)[C@H](C)O2)Oc2ccc(cc2Cl)[C@H]1O. The van der Waals surface area contributed by atoms with Gasteiger partial charge in [-0.2, -0.15) is 0 Å². The first kappa shape index (κ1) is 92.5. The number of fused-ring (bicyclic) bond motifs is 15. The van der Waals surface area contributed by atoms with E-state index in [1.54, 1.807) is 19.1 Å². The molecule has 36 heteroatoms. The first-order valence-corrected chi connectivity index (χ1v) is 41.9. The summed E-state index contributed by atoms with van der Waals surface area (Å²) in [4.78, 5) is 121. The van der Waals surface area contributed by atoms with E-state index in [2.05, 4.69) is 26.6 Å². The van der Waals surface area contributed by atoms with Crippen LogP contribution in [0.4, 0.5) is 0 Å². The third-order valence-electron chi connectivity index (χ3n) is 23.9. The minimum Gasteiger partial charge on any atom is -0.508 e. The fourth-order valence-corrected chi connectivity index (χ4v) is 17.6. The Labute approximate surface area is 732 Å². The number of primary amides is 1. The van der Waals surface area contributed by atoms with Gasteiger partial charge in [-0.1, -0.05) is 110 Å². The number of carbonyl (C=O) groups excluding carboxylic acids is 7. The Bertz CT molecular complexity index is 5240. The number of carboxylic acid groups (broad SMARTS) is 1. The maximum absolute atomic E-state index is 16.7. The van der Waals surface area contributed by atoms with E-state index in [9.17, 15) is 65.4 Å². The summed E-state index contributed by atoms with van der Waals surface area (Å²) >= 11 is 20.9. The number of aryl methyl sites for hydroxylation is 1. The summed E-state index contributed by atoms with van der Waals surface area (Å²) in [6.07, 6.45) is -23.4. The number of hydrogen-bond acceptors (Lipinski definition) is 27. The number of ether oxygens (including phenoxy) is 8. The van der Waals surface area contributed by atoms with Gasteiger partial charge in [-0.3, -0.25) is 33.6 Å². The zero-order chi connectivity index (χ0) is 90.3. The molecule has 0 radical (unpaired) electrons. The maximum Gasteiger partial charge on any atom is 0.330 e.